The normalized spacial score (nSPS) is 22.5. The molecular weight excluding hydrogens is 248 g/mol. The standard InChI is InChI=1S/C17H26N2O/c1-13-3-5-15(6-4-13)12-19(2)17(20)11-14-7-9-16(18)10-8-14/h7-10,13,15H,3-6,11-12,18H2,1-2H3. The maximum atomic E-state index is 12.2. The number of carbonyl (C=O) groups excluding carboxylic acids is 1. The Morgan fingerprint density at radius 1 is 1.20 bits per heavy atom. The van der Waals surface area contributed by atoms with Crippen molar-refractivity contribution >= 4 is 11.6 Å². The lowest BCUT2D eigenvalue weighted by Crippen LogP contribution is -2.34. The van der Waals surface area contributed by atoms with E-state index in [4.69, 9.17) is 5.73 Å². The van der Waals surface area contributed by atoms with E-state index in [0.717, 1.165) is 23.7 Å². The van der Waals surface area contributed by atoms with E-state index in [9.17, 15) is 4.79 Å². The molecule has 0 bridgehead atoms. The van der Waals surface area contributed by atoms with Crippen molar-refractivity contribution in [3.8, 4) is 0 Å². The SMILES string of the molecule is CC1CCC(CN(C)C(=O)Cc2ccc(N)cc2)CC1. The summed E-state index contributed by atoms with van der Waals surface area (Å²) >= 11 is 0. The van der Waals surface area contributed by atoms with Crippen LogP contribution in [0.15, 0.2) is 24.3 Å². The fraction of sp³-hybridized carbons (Fsp3) is 0.588. The minimum atomic E-state index is 0.202. The van der Waals surface area contributed by atoms with Crippen molar-refractivity contribution in [3.63, 3.8) is 0 Å². The topological polar surface area (TPSA) is 46.3 Å². The van der Waals surface area contributed by atoms with E-state index in [1.54, 1.807) is 0 Å². The van der Waals surface area contributed by atoms with E-state index in [-0.39, 0.29) is 5.91 Å². The molecular formula is C17H26N2O. The van der Waals surface area contributed by atoms with Crippen LogP contribution >= 0.6 is 0 Å². The van der Waals surface area contributed by atoms with Crippen LogP contribution < -0.4 is 5.73 Å². The molecule has 1 saturated carbocycles. The summed E-state index contributed by atoms with van der Waals surface area (Å²) in [7, 11) is 1.93. The van der Waals surface area contributed by atoms with Gasteiger partial charge in [-0.05, 0) is 42.4 Å². The van der Waals surface area contributed by atoms with Gasteiger partial charge < -0.3 is 10.6 Å². The Kier molecular flexibility index (Phi) is 5.05. The maximum absolute atomic E-state index is 12.2. The molecule has 1 aromatic rings. The van der Waals surface area contributed by atoms with E-state index < -0.39 is 0 Å². The first-order chi connectivity index (χ1) is 9.54. The highest BCUT2D eigenvalue weighted by Gasteiger charge is 2.21. The molecule has 1 amide bonds. The van der Waals surface area contributed by atoms with Gasteiger partial charge in [0.15, 0.2) is 0 Å². The predicted molar refractivity (Wildman–Crippen MR) is 83.3 cm³/mol. The van der Waals surface area contributed by atoms with E-state index >= 15 is 0 Å². The van der Waals surface area contributed by atoms with Crippen LogP contribution in [0.2, 0.25) is 0 Å². The highest BCUT2D eigenvalue weighted by Crippen LogP contribution is 2.28. The molecule has 0 saturated heterocycles. The van der Waals surface area contributed by atoms with Crippen molar-refractivity contribution in [2.24, 2.45) is 11.8 Å². The number of anilines is 1. The second kappa shape index (κ2) is 6.78. The number of nitrogen functional groups attached to an aromatic ring is 1. The largest absolute Gasteiger partial charge is 0.399 e. The number of nitrogens with zero attached hydrogens (tertiary/aromatic N) is 1. The molecule has 20 heavy (non-hydrogen) atoms. The van der Waals surface area contributed by atoms with Crippen LogP contribution in [0.3, 0.4) is 0 Å². The molecule has 1 fully saturated rings. The van der Waals surface area contributed by atoms with Gasteiger partial charge in [-0.25, -0.2) is 0 Å². The van der Waals surface area contributed by atoms with E-state index in [0.29, 0.717) is 12.3 Å². The number of likely N-dealkylation sites (N-methyl/N-ethyl adjacent to an activating group) is 1. The van der Waals surface area contributed by atoms with Gasteiger partial charge in [0, 0.05) is 19.3 Å². The third-order valence-corrected chi connectivity index (χ3v) is 4.43. The zero-order valence-corrected chi connectivity index (χ0v) is 12.6. The molecule has 0 atom stereocenters. The quantitative estimate of drug-likeness (QED) is 0.858. The molecule has 0 heterocycles. The number of amides is 1. The number of rotatable bonds is 4. The van der Waals surface area contributed by atoms with Crippen LogP contribution in [0.4, 0.5) is 5.69 Å². The van der Waals surface area contributed by atoms with Gasteiger partial charge >= 0.3 is 0 Å². The first-order valence-electron chi connectivity index (χ1n) is 7.63. The summed E-state index contributed by atoms with van der Waals surface area (Å²) in [6, 6.07) is 7.57. The monoisotopic (exact) mass is 274 g/mol. The summed E-state index contributed by atoms with van der Waals surface area (Å²) in [5, 5.41) is 0. The van der Waals surface area contributed by atoms with Crippen molar-refractivity contribution in [2.45, 2.75) is 39.0 Å². The summed E-state index contributed by atoms with van der Waals surface area (Å²) in [5.41, 5.74) is 7.43. The average Bonchev–Trinajstić information content (AvgIpc) is 2.44. The molecule has 2 rings (SSSR count). The first-order valence-corrected chi connectivity index (χ1v) is 7.63. The fourth-order valence-corrected chi connectivity index (χ4v) is 2.95. The second-order valence-electron chi connectivity index (χ2n) is 6.32. The molecule has 3 nitrogen and oxygen atoms in total. The van der Waals surface area contributed by atoms with Gasteiger partial charge in [0.2, 0.25) is 5.91 Å². The number of hydrogen-bond acceptors (Lipinski definition) is 2. The fourth-order valence-electron chi connectivity index (χ4n) is 2.95. The van der Waals surface area contributed by atoms with Crippen molar-refractivity contribution in [1.29, 1.82) is 0 Å². The highest BCUT2D eigenvalue weighted by atomic mass is 16.2. The number of carbonyl (C=O) groups is 1. The molecule has 0 aromatic heterocycles. The van der Waals surface area contributed by atoms with Gasteiger partial charge in [0.1, 0.15) is 0 Å². The van der Waals surface area contributed by atoms with Crippen molar-refractivity contribution < 1.29 is 4.79 Å². The van der Waals surface area contributed by atoms with Crippen molar-refractivity contribution in [2.75, 3.05) is 19.3 Å². The molecule has 1 aliphatic carbocycles. The molecule has 0 spiro atoms. The lowest BCUT2D eigenvalue weighted by atomic mass is 9.83. The van der Waals surface area contributed by atoms with Crippen LogP contribution in [0.5, 0.6) is 0 Å². The Morgan fingerprint density at radius 2 is 1.80 bits per heavy atom. The predicted octanol–water partition coefficient (Wildman–Crippen LogP) is 3.10. The molecule has 1 aliphatic rings. The Balaban J connectivity index is 1.81. The van der Waals surface area contributed by atoms with Gasteiger partial charge in [-0.2, -0.15) is 0 Å². The molecule has 0 radical (unpaired) electrons. The van der Waals surface area contributed by atoms with Gasteiger partial charge in [-0.3, -0.25) is 4.79 Å². The van der Waals surface area contributed by atoms with Crippen LogP contribution in [-0.2, 0) is 11.2 Å². The van der Waals surface area contributed by atoms with Crippen molar-refractivity contribution in [3.05, 3.63) is 29.8 Å². The van der Waals surface area contributed by atoms with Gasteiger partial charge in [-0.15, -0.1) is 0 Å². The summed E-state index contributed by atoms with van der Waals surface area (Å²) in [4.78, 5) is 14.1. The Labute approximate surface area is 122 Å². The number of nitrogens with two attached hydrogens (primary N) is 1. The Morgan fingerprint density at radius 3 is 2.40 bits per heavy atom. The maximum Gasteiger partial charge on any atom is 0.226 e. The van der Waals surface area contributed by atoms with Gasteiger partial charge in [0.25, 0.3) is 0 Å². The van der Waals surface area contributed by atoms with Crippen LogP contribution in [-0.4, -0.2) is 24.4 Å². The third kappa shape index (κ3) is 4.26. The Hall–Kier alpha value is -1.51. The minimum absolute atomic E-state index is 0.202. The summed E-state index contributed by atoms with van der Waals surface area (Å²) in [6.45, 7) is 3.23. The van der Waals surface area contributed by atoms with E-state index in [1.807, 2.05) is 36.2 Å². The van der Waals surface area contributed by atoms with Crippen LogP contribution in [0.25, 0.3) is 0 Å². The van der Waals surface area contributed by atoms with Gasteiger partial charge in [-0.1, -0.05) is 31.9 Å². The molecule has 110 valence electrons. The number of hydrogen-bond donors (Lipinski definition) is 1. The summed E-state index contributed by atoms with van der Waals surface area (Å²) < 4.78 is 0. The lowest BCUT2D eigenvalue weighted by molar-refractivity contribution is -0.129. The third-order valence-electron chi connectivity index (χ3n) is 4.43. The smallest absolute Gasteiger partial charge is 0.226 e. The lowest BCUT2D eigenvalue weighted by Gasteiger charge is -2.29. The van der Waals surface area contributed by atoms with Crippen molar-refractivity contribution in [1.82, 2.24) is 4.90 Å². The van der Waals surface area contributed by atoms with E-state index in [1.165, 1.54) is 25.7 Å². The zero-order chi connectivity index (χ0) is 14.5. The first kappa shape index (κ1) is 14.9. The molecule has 0 aliphatic heterocycles. The highest BCUT2D eigenvalue weighted by molar-refractivity contribution is 5.78. The Bertz CT molecular complexity index is 433. The zero-order valence-electron chi connectivity index (χ0n) is 12.6. The minimum Gasteiger partial charge on any atom is -0.399 e. The van der Waals surface area contributed by atoms with Crippen LogP contribution in [0, 0.1) is 11.8 Å². The van der Waals surface area contributed by atoms with E-state index in [2.05, 4.69) is 6.92 Å². The second-order valence-corrected chi connectivity index (χ2v) is 6.32. The summed E-state index contributed by atoms with van der Waals surface area (Å²) in [5.74, 6) is 1.75. The summed E-state index contributed by atoms with van der Waals surface area (Å²) in [6.07, 6.45) is 5.62. The molecule has 3 heteroatoms. The van der Waals surface area contributed by atoms with Gasteiger partial charge in [0.05, 0.1) is 6.42 Å². The van der Waals surface area contributed by atoms with Crippen LogP contribution in [0.1, 0.15) is 38.2 Å². The molecule has 1 aromatic carbocycles. The number of benzene rings is 1. The average molecular weight is 274 g/mol. The molecule has 0 unspecified atom stereocenters. The molecule has 2 N–H and O–H groups in total.